The van der Waals surface area contributed by atoms with Crippen LogP contribution in [0.5, 0.6) is 0 Å². The Hall–Kier alpha value is 0.180. The number of hydrogen-bond donors (Lipinski definition) is 1. The Morgan fingerprint density at radius 1 is 0.611 bits per heavy atom. The van der Waals surface area contributed by atoms with Crippen molar-refractivity contribution in [3.8, 4) is 0 Å². The minimum Gasteiger partial charge on any atom is -0.317 e. The van der Waals surface area contributed by atoms with Crippen molar-refractivity contribution in [3.05, 3.63) is 0 Å². The fourth-order valence-corrected chi connectivity index (χ4v) is 10.7. The third-order valence-corrected chi connectivity index (χ3v) is 13.3. The van der Waals surface area contributed by atoms with Gasteiger partial charge in [0.25, 0.3) is 0 Å². The van der Waals surface area contributed by atoms with E-state index in [9.17, 15) is 8.42 Å². The molecule has 0 aromatic carbocycles. The Bertz CT molecular complexity index is 697. The molecule has 0 radical (unpaired) electrons. The fraction of sp³-hybridized carbons (Fsp3) is 1.00. The minimum atomic E-state index is -0.887. The minimum absolute atomic E-state index is 0.132. The van der Waals surface area contributed by atoms with E-state index in [0.717, 1.165) is 13.1 Å². The molecule has 3 saturated carbocycles. The van der Waals surface area contributed by atoms with Crippen LogP contribution in [0.4, 0.5) is 0 Å². The van der Waals surface area contributed by atoms with Crippen LogP contribution in [0.1, 0.15) is 125 Å². The Morgan fingerprint density at radius 3 is 1.36 bits per heavy atom. The van der Waals surface area contributed by atoms with E-state index in [4.69, 9.17) is 0 Å². The first-order chi connectivity index (χ1) is 16.7. The van der Waals surface area contributed by atoms with Gasteiger partial charge in [-0.15, -0.1) is 0 Å². The molecule has 0 aromatic heterocycles. The van der Waals surface area contributed by atoms with Gasteiger partial charge in [0.05, 0.1) is 31.5 Å². The van der Waals surface area contributed by atoms with Crippen LogP contribution >= 0.6 is 0 Å². The lowest BCUT2D eigenvalue weighted by Gasteiger charge is -2.44. The van der Waals surface area contributed by atoms with Gasteiger partial charge in [0.1, 0.15) is 0 Å². The number of rotatable bonds is 4. The highest BCUT2D eigenvalue weighted by Gasteiger charge is 2.48. The maximum absolute atomic E-state index is 12.6. The van der Waals surface area contributed by atoms with Crippen LogP contribution in [0.25, 0.3) is 0 Å². The van der Waals surface area contributed by atoms with E-state index >= 15 is 0 Å². The summed E-state index contributed by atoms with van der Waals surface area (Å²) in [6.45, 7) is 14.7. The summed E-state index contributed by atoms with van der Waals surface area (Å²) >= 11 is 0. The van der Waals surface area contributed by atoms with Crippen LogP contribution in [0, 0.1) is 10.8 Å². The van der Waals surface area contributed by atoms with E-state index in [2.05, 4.69) is 69.6 Å². The van der Waals surface area contributed by atoms with Crippen molar-refractivity contribution in [2.24, 2.45) is 10.8 Å². The molecule has 7 heteroatoms. The van der Waals surface area contributed by atoms with Gasteiger partial charge in [0.15, 0.2) is 0 Å². The second kappa shape index (κ2) is 12.1. The van der Waals surface area contributed by atoms with E-state index < -0.39 is 22.0 Å². The lowest BCUT2D eigenvalue weighted by atomic mass is 9.70. The van der Waals surface area contributed by atoms with Crippen molar-refractivity contribution >= 4 is 22.0 Å². The molecule has 5 nitrogen and oxygen atoms in total. The quantitative estimate of drug-likeness (QED) is 0.460. The Kier molecular flexibility index (Phi) is 10.4. The lowest BCUT2D eigenvalue weighted by molar-refractivity contribution is 0.116. The van der Waals surface area contributed by atoms with E-state index in [0.29, 0.717) is 22.9 Å². The lowest BCUT2D eigenvalue weighted by Crippen LogP contribution is -2.51. The van der Waals surface area contributed by atoms with Crippen LogP contribution < -0.4 is 5.32 Å². The summed E-state index contributed by atoms with van der Waals surface area (Å²) in [5.41, 5.74) is 0.925. The molecule has 2 spiro atoms. The standard InChI is InChI=1S/C15H29NOS.C14H28N2OS/c1-14(2,3)18(17)16(4)13-9-8-12-15(13)10-6-5-7-11-15;1-13(2,3)18(17)16(4)12-6-5-7-14(12)8-10-15-11-9-14/h13H,5-12H2,1-4H3;12,15H,5-11H2,1-4H3/t13-,18-;12-,18-/m11/s1. The van der Waals surface area contributed by atoms with Gasteiger partial charge in [-0.1, -0.05) is 32.1 Å². The summed E-state index contributed by atoms with van der Waals surface area (Å²) in [4.78, 5) is 0. The monoisotopic (exact) mass is 543 g/mol. The summed E-state index contributed by atoms with van der Waals surface area (Å²) in [5, 5.41) is 3.46. The molecule has 4 fully saturated rings. The SMILES string of the molecule is CN([C@@H]1CCCC12CCCCC2)[S@](=O)C(C)(C)C.CN([C@@H]1CCCC12CCNCC2)[S@](=O)C(C)(C)C. The van der Waals surface area contributed by atoms with Gasteiger partial charge in [-0.05, 0) is 117 Å². The molecule has 1 aliphatic heterocycles. The van der Waals surface area contributed by atoms with Gasteiger partial charge in [-0.2, -0.15) is 0 Å². The van der Waals surface area contributed by atoms with E-state index in [1.807, 2.05) is 0 Å². The van der Waals surface area contributed by atoms with Gasteiger partial charge in [-0.3, -0.25) is 0 Å². The Morgan fingerprint density at radius 2 is 0.972 bits per heavy atom. The average molecular weight is 544 g/mol. The second-order valence-corrected chi connectivity index (χ2v) is 18.8. The molecule has 212 valence electrons. The highest BCUT2D eigenvalue weighted by Crippen LogP contribution is 2.51. The van der Waals surface area contributed by atoms with Gasteiger partial charge in [0.2, 0.25) is 0 Å². The van der Waals surface area contributed by atoms with Crippen LogP contribution in [0.3, 0.4) is 0 Å². The summed E-state index contributed by atoms with van der Waals surface area (Å²) in [5.74, 6) is 0. The highest BCUT2D eigenvalue weighted by molar-refractivity contribution is 7.84. The van der Waals surface area contributed by atoms with Crippen molar-refractivity contribution in [3.63, 3.8) is 0 Å². The fourth-order valence-electron chi connectivity index (χ4n) is 7.82. The molecule has 4 aliphatic rings. The maximum Gasteiger partial charge on any atom is 0.0997 e. The molecule has 36 heavy (non-hydrogen) atoms. The number of nitrogens with zero attached hydrogens (tertiary/aromatic N) is 2. The third-order valence-electron chi connectivity index (χ3n) is 9.62. The molecule has 0 amide bonds. The molecule has 4 rings (SSSR count). The summed E-state index contributed by atoms with van der Waals surface area (Å²) in [6.07, 6.45) is 17.2. The zero-order valence-corrected chi connectivity index (χ0v) is 26.4. The van der Waals surface area contributed by atoms with E-state index in [1.54, 1.807) is 0 Å². The first-order valence-corrected chi connectivity index (χ1v) is 17.0. The van der Waals surface area contributed by atoms with Crippen LogP contribution in [-0.2, 0) is 22.0 Å². The molecule has 1 heterocycles. The van der Waals surface area contributed by atoms with Crippen molar-refractivity contribution in [1.29, 1.82) is 0 Å². The maximum atomic E-state index is 12.6. The molecular weight excluding hydrogens is 486 g/mol. The average Bonchev–Trinajstić information content (AvgIpc) is 3.41. The molecule has 0 bridgehead atoms. The zero-order chi connectivity index (χ0) is 26.8. The van der Waals surface area contributed by atoms with Crippen LogP contribution in [0.2, 0.25) is 0 Å². The molecule has 4 atom stereocenters. The predicted octanol–water partition coefficient (Wildman–Crippen LogP) is 6.19. The van der Waals surface area contributed by atoms with Gasteiger partial charge in [0, 0.05) is 26.2 Å². The number of hydrogen-bond acceptors (Lipinski definition) is 3. The Labute approximate surface area is 228 Å². The van der Waals surface area contributed by atoms with E-state index in [-0.39, 0.29) is 9.49 Å². The van der Waals surface area contributed by atoms with Crippen LogP contribution in [0.15, 0.2) is 0 Å². The summed E-state index contributed by atoms with van der Waals surface area (Å²) in [6, 6.07) is 1.07. The van der Waals surface area contributed by atoms with Gasteiger partial charge >= 0.3 is 0 Å². The van der Waals surface area contributed by atoms with Gasteiger partial charge < -0.3 is 5.32 Å². The molecule has 1 N–H and O–H groups in total. The predicted molar refractivity (Wildman–Crippen MR) is 157 cm³/mol. The van der Waals surface area contributed by atoms with Crippen molar-refractivity contribution in [1.82, 2.24) is 13.9 Å². The third kappa shape index (κ3) is 6.84. The van der Waals surface area contributed by atoms with Crippen molar-refractivity contribution in [2.75, 3.05) is 27.2 Å². The molecular formula is C29H57N3O2S2. The largest absolute Gasteiger partial charge is 0.317 e. The smallest absolute Gasteiger partial charge is 0.0997 e. The zero-order valence-electron chi connectivity index (χ0n) is 24.8. The van der Waals surface area contributed by atoms with Crippen LogP contribution in [-0.4, -0.2) is 65.8 Å². The molecule has 0 aromatic rings. The molecule has 0 unspecified atom stereocenters. The Balaban J connectivity index is 0.000000201. The number of nitrogens with one attached hydrogen (secondary N) is 1. The summed E-state index contributed by atoms with van der Waals surface area (Å²) < 4.78 is 29.3. The first-order valence-electron chi connectivity index (χ1n) is 14.7. The van der Waals surface area contributed by atoms with Gasteiger partial charge in [-0.25, -0.2) is 17.0 Å². The van der Waals surface area contributed by atoms with Crippen molar-refractivity contribution in [2.45, 2.75) is 147 Å². The molecule has 1 saturated heterocycles. The normalized spacial score (nSPS) is 29.9. The first kappa shape index (κ1) is 30.7. The molecule has 3 aliphatic carbocycles. The second-order valence-electron chi connectivity index (χ2n) is 14.2. The van der Waals surface area contributed by atoms with Crippen molar-refractivity contribution < 1.29 is 8.42 Å². The van der Waals surface area contributed by atoms with E-state index in [1.165, 1.54) is 83.5 Å². The number of piperidine rings is 1. The highest BCUT2D eigenvalue weighted by atomic mass is 32.2. The topological polar surface area (TPSA) is 52.7 Å². The summed E-state index contributed by atoms with van der Waals surface area (Å²) in [7, 11) is 2.41.